The van der Waals surface area contributed by atoms with Gasteiger partial charge in [-0.3, -0.25) is 0 Å². The van der Waals surface area contributed by atoms with Crippen molar-refractivity contribution in [1.82, 2.24) is 14.6 Å². The molecule has 0 spiro atoms. The van der Waals surface area contributed by atoms with Gasteiger partial charge in [0.1, 0.15) is 0 Å². The van der Waals surface area contributed by atoms with E-state index in [1.54, 1.807) is 16.8 Å². The Bertz CT molecular complexity index is 379. The largest absolute Gasteiger partial charge is 0.476 e. The van der Waals surface area contributed by atoms with Crippen LogP contribution in [0.3, 0.4) is 0 Å². The summed E-state index contributed by atoms with van der Waals surface area (Å²) in [7, 11) is 0. The van der Waals surface area contributed by atoms with Gasteiger partial charge in [-0.05, 0) is 19.0 Å². The summed E-state index contributed by atoms with van der Waals surface area (Å²) < 4.78 is 7.06. The predicted octanol–water partition coefficient (Wildman–Crippen LogP) is 0.457. The maximum atomic E-state index is 5.38. The molecule has 0 amide bonds. The number of ether oxygens (including phenoxy) is 1. The first kappa shape index (κ1) is 8.96. The summed E-state index contributed by atoms with van der Waals surface area (Å²) in [5.74, 6) is 0.595. The average molecular weight is 192 g/mol. The number of hydrogen-bond donors (Lipinski definition) is 1. The number of hydrogen-bond acceptors (Lipinski definition) is 4. The van der Waals surface area contributed by atoms with Gasteiger partial charge in [-0.15, -0.1) is 5.10 Å². The second-order valence-electron chi connectivity index (χ2n) is 2.90. The zero-order valence-corrected chi connectivity index (χ0v) is 7.76. The molecule has 5 nitrogen and oxygen atoms in total. The van der Waals surface area contributed by atoms with Gasteiger partial charge in [0.05, 0.1) is 6.61 Å². The molecule has 0 fully saturated rings. The van der Waals surface area contributed by atoms with Crippen molar-refractivity contribution in [3.05, 3.63) is 24.5 Å². The van der Waals surface area contributed by atoms with Crippen molar-refractivity contribution in [2.45, 2.75) is 6.42 Å². The third-order valence-corrected chi connectivity index (χ3v) is 1.81. The van der Waals surface area contributed by atoms with E-state index >= 15 is 0 Å². The highest BCUT2D eigenvalue weighted by atomic mass is 16.5. The Kier molecular flexibility index (Phi) is 2.60. The van der Waals surface area contributed by atoms with Crippen LogP contribution >= 0.6 is 0 Å². The Labute approximate surface area is 81.5 Å². The average Bonchev–Trinajstić information content (AvgIpc) is 2.60. The first-order valence-electron chi connectivity index (χ1n) is 4.53. The summed E-state index contributed by atoms with van der Waals surface area (Å²) in [5, 5.41) is 4.18. The van der Waals surface area contributed by atoms with Gasteiger partial charge in [-0.1, -0.05) is 0 Å². The Morgan fingerprint density at radius 3 is 3.21 bits per heavy atom. The lowest BCUT2D eigenvalue weighted by molar-refractivity contribution is 0.300. The van der Waals surface area contributed by atoms with E-state index in [1.807, 2.05) is 12.3 Å². The van der Waals surface area contributed by atoms with Gasteiger partial charge in [-0.25, -0.2) is 9.50 Å². The molecule has 2 rings (SSSR count). The van der Waals surface area contributed by atoms with Crippen LogP contribution in [0.25, 0.3) is 5.65 Å². The van der Waals surface area contributed by atoms with E-state index in [0.717, 1.165) is 12.1 Å². The summed E-state index contributed by atoms with van der Waals surface area (Å²) in [6.45, 7) is 1.23. The van der Waals surface area contributed by atoms with Crippen LogP contribution in [-0.2, 0) is 0 Å². The lowest BCUT2D eigenvalue weighted by Crippen LogP contribution is -2.06. The number of nitrogens with zero attached hydrogens (tertiary/aromatic N) is 3. The maximum Gasteiger partial charge on any atom is 0.235 e. The molecule has 0 saturated heterocycles. The van der Waals surface area contributed by atoms with Crippen molar-refractivity contribution in [1.29, 1.82) is 0 Å². The van der Waals surface area contributed by atoms with Crippen LogP contribution in [0.4, 0.5) is 0 Å². The highest BCUT2D eigenvalue weighted by molar-refractivity contribution is 5.40. The molecular weight excluding hydrogens is 180 g/mol. The number of fused-ring (bicyclic) bond motifs is 1. The van der Waals surface area contributed by atoms with Crippen LogP contribution in [0.2, 0.25) is 0 Å². The third kappa shape index (κ3) is 1.82. The van der Waals surface area contributed by atoms with Gasteiger partial charge in [0.25, 0.3) is 0 Å². The van der Waals surface area contributed by atoms with Crippen molar-refractivity contribution in [3.63, 3.8) is 0 Å². The summed E-state index contributed by atoms with van der Waals surface area (Å²) in [6, 6.07) is 3.63. The van der Waals surface area contributed by atoms with Crippen LogP contribution < -0.4 is 10.5 Å². The standard InChI is InChI=1S/C9H12N4O/c10-3-1-6-14-9-7-8-11-4-2-5-13(8)12-9/h2,4-5,7H,1,3,6,10H2. The Hall–Kier alpha value is -1.62. The lowest BCUT2D eigenvalue weighted by Gasteiger charge is -1.98. The molecular formula is C9H12N4O. The Balaban J connectivity index is 2.11. The van der Waals surface area contributed by atoms with Gasteiger partial charge in [0.2, 0.25) is 5.88 Å². The molecule has 0 radical (unpaired) electrons. The van der Waals surface area contributed by atoms with Gasteiger partial charge in [-0.2, -0.15) is 0 Å². The minimum atomic E-state index is 0.595. The molecule has 0 bridgehead atoms. The quantitative estimate of drug-likeness (QED) is 0.714. The van der Waals surface area contributed by atoms with E-state index < -0.39 is 0 Å². The maximum absolute atomic E-state index is 5.38. The van der Waals surface area contributed by atoms with E-state index in [1.165, 1.54) is 0 Å². The summed E-state index contributed by atoms with van der Waals surface area (Å²) in [4.78, 5) is 4.13. The highest BCUT2D eigenvalue weighted by Crippen LogP contribution is 2.10. The molecule has 74 valence electrons. The fraction of sp³-hybridized carbons (Fsp3) is 0.333. The zero-order chi connectivity index (χ0) is 9.80. The SMILES string of the molecule is NCCCOc1cc2ncccn2n1. The molecule has 0 unspecified atom stereocenters. The van der Waals surface area contributed by atoms with E-state index in [2.05, 4.69) is 10.1 Å². The van der Waals surface area contributed by atoms with Crippen molar-refractivity contribution in [2.24, 2.45) is 5.73 Å². The second-order valence-corrected chi connectivity index (χ2v) is 2.90. The smallest absolute Gasteiger partial charge is 0.235 e. The molecule has 0 aliphatic carbocycles. The molecule has 2 N–H and O–H groups in total. The van der Waals surface area contributed by atoms with Crippen LogP contribution in [0.1, 0.15) is 6.42 Å². The molecule has 2 aromatic heterocycles. The summed E-state index contributed by atoms with van der Waals surface area (Å²) in [5.41, 5.74) is 6.14. The van der Waals surface area contributed by atoms with E-state index in [0.29, 0.717) is 19.0 Å². The monoisotopic (exact) mass is 192 g/mol. The van der Waals surface area contributed by atoms with Gasteiger partial charge in [0, 0.05) is 18.5 Å². The fourth-order valence-corrected chi connectivity index (χ4v) is 1.14. The van der Waals surface area contributed by atoms with E-state index in [4.69, 9.17) is 10.5 Å². The van der Waals surface area contributed by atoms with Crippen LogP contribution in [0, 0.1) is 0 Å². The molecule has 2 heterocycles. The zero-order valence-electron chi connectivity index (χ0n) is 7.76. The Morgan fingerprint density at radius 1 is 1.50 bits per heavy atom. The molecule has 2 aromatic rings. The van der Waals surface area contributed by atoms with Crippen molar-refractivity contribution in [3.8, 4) is 5.88 Å². The summed E-state index contributed by atoms with van der Waals surface area (Å²) >= 11 is 0. The first-order valence-corrected chi connectivity index (χ1v) is 4.53. The van der Waals surface area contributed by atoms with Crippen molar-refractivity contribution in [2.75, 3.05) is 13.2 Å². The van der Waals surface area contributed by atoms with Crippen molar-refractivity contribution >= 4 is 5.65 Å². The minimum absolute atomic E-state index is 0.595. The lowest BCUT2D eigenvalue weighted by atomic mass is 10.5. The molecule has 5 heteroatoms. The molecule has 0 aliphatic heterocycles. The molecule has 0 aliphatic rings. The Morgan fingerprint density at radius 2 is 2.43 bits per heavy atom. The normalized spacial score (nSPS) is 10.6. The molecule has 0 saturated carbocycles. The van der Waals surface area contributed by atoms with Crippen LogP contribution in [0.5, 0.6) is 5.88 Å². The second kappa shape index (κ2) is 4.06. The molecule has 0 aromatic carbocycles. The number of aromatic nitrogens is 3. The van der Waals surface area contributed by atoms with Crippen molar-refractivity contribution < 1.29 is 4.74 Å². The molecule has 14 heavy (non-hydrogen) atoms. The van der Waals surface area contributed by atoms with Crippen LogP contribution in [0.15, 0.2) is 24.5 Å². The predicted molar refractivity (Wildman–Crippen MR) is 52.2 cm³/mol. The minimum Gasteiger partial charge on any atom is -0.476 e. The topological polar surface area (TPSA) is 65.4 Å². The van der Waals surface area contributed by atoms with Gasteiger partial charge in [0.15, 0.2) is 5.65 Å². The fourth-order valence-electron chi connectivity index (χ4n) is 1.14. The third-order valence-electron chi connectivity index (χ3n) is 1.81. The summed E-state index contributed by atoms with van der Waals surface area (Å²) in [6.07, 6.45) is 4.39. The first-order chi connectivity index (χ1) is 6.90. The highest BCUT2D eigenvalue weighted by Gasteiger charge is 2.01. The number of rotatable bonds is 4. The van der Waals surface area contributed by atoms with Gasteiger partial charge < -0.3 is 10.5 Å². The van der Waals surface area contributed by atoms with Gasteiger partial charge >= 0.3 is 0 Å². The van der Waals surface area contributed by atoms with E-state index in [-0.39, 0.29) is 0 Å². The van der Waals surface area contributed by atoms with E-state index in [9.17, 15) is 0 Å². The van der Waals surface area contributed by atoms with Crippen LogP contribution in [-0.4, -0.2) is 27.7 Å². The number of nitrogens with two attached hydrogens (primary N) is 1. The molecule has 0 atom stereocenters.